The molecule has 9 nitrogen and oxygen atoms in total. The highest BCUT2D eigenvalue weighted by molar-refractivity contribution is 7.89. The Kier molecular flexibility index (Phi) is 7.74. The van der Waals surface area contributed by atoms with E-state index in [1.165, 1.54) is 35.6 Å². The van der Waals surface area contributed by atoms with Crippen molar-refractivity contribution in [1.29, 1.82) is 0 Å². The van der Waals surface area contributed by atoms with Crippen molar-refractivity contribution in [2.75, 3.05) is 32.1 Å². The molecule has 1 aromatic carbocycles. The topological polar surface area (TPSA) is 115 Å². The SMILES string of the molecule is CCOC(=O)c1sc2nc(C)cc(C)c2c1NC(=O)c1ccc(S(=O)(=O)N(C)CC2CCCO2)cc1. The number of anilines is 1. The van der Waals surface area contributed by atoms with Gasteiger partial charge in [-0.25, -0.2) is 18.2 Å². The van der Waals surface area contributed by atoms with Crippen molar-refractivity contribution in [2.45, 2.75) is 44.6 Å². The molecule has 0 aliphatic carbocycles. The smallest absolute Gasteiger partial charge is 0.350 e. The van der Waals surface area contributed by atoms with Crippen molar-refractivity contribution < 1.29 is 27.5 Å². The first kappa shape index (κ1) is 26.2. The monoisotopic (exact) mass is 531 g/mol. The summed E-state index contributed by atoms with van der Waals surface area (Å²) >= 11 is 1.16. The van der Waals surface area contributed by atoms with Gasteiger partial charge in [-0.2, -0.15) is 4.31 Å². The molecule has 1 fully saturated rings. The average molecular weight is 532 g/mol. The molecule has 4 rings (SSSR count). The number of hydrogen-bond donors (Lipinski definition) is 1. The third kappa shape index (κ3) is 5.29. The van der Waals surface area contributed by atoms with Gasteiger partial charge in [0.1, 0.15) is 9.71 Å². The van der Waals surface area contributed by atoms with Gasteiger partial charge in [0, 0.05) is 36.8 Å². The van der Waals surface area contributed by atoms with Crippen LogP contribution in [0.5, 0.6) is 0 Å². The maximum Gasteiger partial charge on any atom is 0.350 e. The zero-order chi connectivity index (χ0) is 26.0. The first-order valence-electron chi connectivity index (χ1n) is 11.7. The minimum Gasteiger partial charge on any atom is -0.462 e. The second-order valence-electron chi connectivity index (χ2n) is 8.69. The number of thiophene rings is 1. The first-order chi connectivity index (χ1) is 17.1. The van der Waals surface area contributed by atoms with Crippen molar-refractivity contribution in [1.82, 2.24) is 9.29 Å². The molecule has 1 aliphatic rings. The van der Waals surface area contributed by atoms with Gasteiger partial charge in [0.05, 0.1) is 23.3 Å². The molecule has 0 spiro atoms. The van der Waals surface area contributed by atoms with Crippen molar-refractivity contribution in [3.8, 4) is 0 Å². The Bertz CT molecular complexity index is 1390. The minimum absolute atomic E-state index is 0.0864. The number of pyridine rings is 1. The Morgan fingerprint density at radius 1 is 1.25 bits per heavy atom. The van der Waals surface area contributed by atoms with E-state index in [4.69, 9.17) is 9.47 Å². The predicted molar refractivity (Wildman–Crippen MR) is 138 cm³/mol. The van der Waals surface area contributed by atoms with Crippen molar-refractivity contribution in [3.05, 3.63) is 52.0 Å². The first-order valence-corrected chi connectivity index (χ1v) is 13.9. The summed E-state index contributed by atoms with van der Waals surface area (Å²) in [7, 11) is -2.21. The predicted octanol–water partition coefficient (Wildman–Crippen LogP) is 4.14. The van der Waals surface area contributed by atoms with Gasteiger partial charge in [-0.05, 0) is 69.5 Å². The molecular weight excluding hydrogens is 502 g/mol. The number of rotatable bonds is 8. The number of sulfonamides is 1. The van der Waals surface area contributed by atoms with E-state index in [2.05, 4.69) is 10.3 Å². The molecule has 1 aliphatic heterocycles. The fraction of sp³-hybridized carbons (Fsp3) is 0.400. The molecule has 1 saturated heterocycles. The van der Waals surface area contributed by atoms with Gasteiger partial charge in [-0.3, -0.25) is 4.79 Å². The van der Waals surface area contributed by atoms with Gasteiger partial charge in [0.15, 0.2) is 0 Å². The summed E-state index contributed by atoms with van der Waals surface area (Å²) < 4.78 is 37.9. The molecule has 1 unspecified atom stereocenters. The summed E-state index contributed by atoms with van der Waals surface area (Å²) in [6.45, 7) is 6.59. The fourth-order valence-corrected chi connectivity index (χ4v) is 6.57. The Morgan fingerprint density at radius 3 is 2.61 bits per heavy atom. The molecule has 11 heteroatoms. The minimum atomic E-state index is -3.73. The van der Waals surface area contributed by atoms with E-state index >= 15 is 0 Å². The summed E-state index contributed by atoms with van der Waals surface area (Å²) in [5.74, 6) is -1.01. The number of esters is 1. The molecule has 0 saturated carbocycles. The van der Waals surface area contributed by atoms with Gasteiger partial charge in [-0.15, -0.1) is 11.3 Å². The van der Waals surface area contributed by atoms with Crippen LogP contribution in [0.4, 0.5) is 5.69 Å². The van der Waals surface area contributed by atoms with Crippen molar-refractivity contribution in [3.63, 3.8) is 0 Å². The maximum absolute atomic E-state index is 13.1. The maximum atomic E-state index is 13.1. The van der Waals surface area contributed by atoms with E-state index in [0.29, 0.717) is 22.5 Å². The van der Waals surface area contributed by atoms with Crippen molar-refractivity contribution >= 4 is 49.1 Å². The Morgan fingerprint density at radius 2 is 1.97 bits per heavy atom. The number of nitrogens with zero attached hydrogens (tertiary/aromatic N) is 2. The number of fused-ring (bicyclic) bond motifs is 1. The number of amides is 1. The zero-order valence-electron chi connectivity index (χ0n) is 20.7. The number of carbonyl (C=O) groups is 2. The van der Waals surface area contributed by atoms with Crippen LogP contribution in [0.15, 0.2) is 35.2 Å². The van der Waals surface area contributed by atoms with Crippen LogP contribution in [-0.4, -0.2) is 62.5 Å². The third-order valence-corrected chi connectivity index (χ3v) is 8.90. The van der Waals surface area contributed by atoms with Crippen molar-refractivity contribution in [2.24, 2.45) is 0 Å². The van der Waals surface area contributed by atoms with Gasteiger partial charge >= 0.3 is 5.97 Å². The van der Waals surface area contributed by atoms with Crippen LogP contribution in [0.2, 0.25) is 0 Å². The van der Waals surface area contributed by atoms with Crippen LogP contribution < -0.4 is 5.32 Å². The largest absolute Gasteiger partial charge is 0.462 e. The number of ether oxygens (including phenoxy) is 2. The Hall–Kier alpha value is -2.86. The molecule has 1 atom stereocenters. The van der Waals surface area contributed by atoms with E-state index in [1.54, 1.807) is 6.92 Å². The molecule has 0 bridgehead atoms. The zero-order valence-corrected chi connectivity index (χ0v) is 22.3. The van der Waals surface area contributed by atoms with E-state index in [9.17, 15) is 18.0 Å². The second-order valence-corrected chi connectivity index (χ2v) is 11.7. The number of benzene rings is 1. The lowest BCUT2D eigenvalue weighted by Gasteiger charge is -2.20. The molecular formula is C25H29N3O6S2. The van der Waals surface area contributed by atoms with E-state index < -0.39 is 21.9 Å². The normalized spacial score (nSPS) is 16.0. The summed E-state index contributed by atoms with van der Waals surface area (Å²) in [5.41, 5.74) is 2.27. The molecule has 192 valence electrons. The number of hydrogen-bond acceptors (Lipinski definition) is 8. The average Bonchev–Trinajstić information content (AvgIpc) is 3.47. The Labute approximate surface area is 214 Å². The molecule has 0 radical (unpaired) electrons. The summed E-state index contributed by atoms with van der Waals surface area (Å²) in [6.07, 6.45) is 1.65. The van der Waals surface area contributed by atoms with Gasteiger partial charge in [0.2, 0.25) is 10.0 Å². The van der Waals surface area contributed by atoms with E-state index in [-0.39, 0.29) is 34.6 Å². The van der Waals surface area contributed by atoms with Crippen LogP contribution in [0.3, 0.4) is 0 Å². The van der Waals surface area contributed by atoms with Gasteiger partial charge in [0.25, 0.3) is 5.91 Å². The molecule has 1 amide bonds. The number of nitrogens with one attached hydrogen (secondary N) is 1. The summed E-state index contributed by atoms with van der Waals surface area (Å²) in [6, 6.07) is 7.60. The highest BCUT2D eigenvalue weighted by Crippen LogP contribution is 2.38. The fourth-order valence-electron chi connectivity index (χ4n) is 4.22. The quantitative estimate of drug-likeness (QED) is 0.435. The highest BCUT2D eigenvalue weighted by atomic mass is 32.2. The summed E-state index contributed by atoms with van der Waals surface area (Å²) in [5, 5.41) is 3.51. The lowest BCUT2D eigenvalue weighted by Crippen LogP contribution is -2.34. The van der Waals surface area contributed by atoms with Crippen LogP contribution in [0.1, 0.15) is 51.1 Å². The standard InChI is InChI=1S/C25H29N3O6S2/c1-5-33-25(30)22-21(20-15(2)13-16(3)26-24(20)35-22)27-23(29)17-8-10-19(11-9-17)36(31,32)28(4)14-18-7-6-12-34-18/h8-11,13,18H,5-7,12,14H2,1-4H3,(H,27,29). The number of carbonyl (C=O) groups excluding carboxylic acids is 2. The van der Waals surface area contributed by atoms with Gasteiger partial charge < -0.3 is 14.8 Å². The Balaban J connectivity index is 1.59. The number of likely N-dealkylation sites (N-methyl/N-ethyl adjacent to an activating group) is 1. The highest BCUT2D eigenvalue weighted by Gasteiger charge is 2.27. The number of aromatic nitrogens is 1. The van der Waals surface area contributed by atoms with Crippen LogP contribution in [-0.2, 0) is 19.5 Å². The lowest BCUT2D eigenvalue weighted by atomic mass is 10.1. The van der Waals surface area contributed by atoms with Crippen LogP contribution in [0.25, 0.3) is 10.2 Å². The number of aryl methyl sites for hydroxylation is 2. The van der Waals surface area contributed by atoms with Gasteiger partial charge in [-0.1, -0.05) is 0 Å². The molecule has 3 aromatic rings. The third-order valence-electron chi connectivity index (χ3n) is 6.00. The van der Waals surface area contributed by atoms with E-state index in [1.807, 2.05) is 19.9 Å². The molecule has 1 N–H and O–H groups in total. The molecule has 3 heterocycles. The van der Waals surface area contributed by atoms with Crippen LogP contribution >= 0.6 is 11.3 Å². The molecule has 2 aromatic heterocycles. The second kappa shape index (κ2) is 10.6. The molecule has 36 heavy (non-hydrogen) atoms. The van der Waals surface area contributed by atoms with Crippen LogP contribution in [0, 0.1) is 13.8 Å². The van der Waals surface area contributed by atoms with E-state index in [0.717, 1.165) is 35.4 Å². The lowest BCUT2D eigenvalue weighted by molar-refractivity contribution is 0.0533. The summed E-state index contributed by atoms with van der Waals surface area (Å²) in [4.78, 5) is 31.2.